The Hall–Kier alpha value is -2.58. The van der Waals surface area contributed by atoms with E-state index in [1.165, 1.54) is 3.97 Å². The molecule has 1 spiro atoms. The SMILES string of the molecule is [B]N1CCC2(CCCC(=O)N2Cc2cccc3c2ccn3S(=O)(=O)c2ccc(C)cc2)CC1. The van der Waals surface area contributed by atoms with Gasteiger partial charge in [-0.05, 0) is 75.5 Å². The number of carbonyl (C=O) groups excluding carboxylic acids is 1. The molecule has 0 saturated carbocycles. The second kappa shape index (κ2) is 8.33. The molecule has 2 fully saturated rings. The Morgan fingerprint density at radius 1 is 1.00 bits per heavy atom. The van der Waals surface area contributed by atoms with Gasteiger partial charge in [-0.3, -0.25) is 4.79 Å². The van der Waals surface area contributed by atoms with Crippen LogP contribution in [0, 0.1) is 6.92 Å². The zero-order valence-electron chi connectivity index (χ0n) is 18.9. The Labute approximate surface area is 196 Å². The van der Waals surface area contributed by atoms with Crippen LogP contribution >= 0.6 is 0 Å². The lowest BCUT2D eigenvalue weighted by Gasteiger charge is -2.51. The average molecular weight is 461 g/mol. The van der Waals surface area contributed by atoms with Gasteiger partial charge in [-0.1, -0.05) is 29.8 Å². The van der Waals surface area contributed by atoms with Gasteiger partial charge in [-0.2, -0.15) is 0 Å². The molecule has 0 aliphatic carbocycles. The van der Waals surface area contributed by atoms with E-state index in [1.54, 1.807) is 30.5 Å². The van der Waals surface area contributed by atoms with Crippen molar-refractivity contribution in [2.45, 2.75) is 56.0 Å². The van der Waals surface area contributed by atoms with Gasteiger partial charge in [-0.15, -0.1) is 0 Å². The van der Waals surface area contributed by atoms with Crippen LogP contribution < -0.4 is 0 Å². The summed E-state index contributed by atoms with van der Waals surface area (Å²) in [5.74, 6) is 0.176. The number of nitrogens with zero attached hydrogens (tertiary/aromatic N) is 3. The van der Waals surface area contributed by atoms with Gasteiger partial charge in [0.25, 0.3) is 10.0 Å². The van der Waals surface area contributed by atoms with E-state index in [-0.39, 0.29) is 16.3 Å². The van der Waals surface area contributed by atoms with Gasteiger partial charge >= 0.3 is 0 Å². The Kier molecular flexibility index (Phi) is 5.61. The van der Waals surface area contributed by atoms with Crippen molar-refractivity contribution in [3.05, 3.63) is 65.9 Å². The zero-order valence-corrected chi connectivity index (χ0v) is 19.7. The predicted molar refractivity (Wildman–Crippen MR) is 129 cm³/mol. The quantitative estimate of drug-likeness (QED) is 0.557. The van der Waals surface area contributed by atoms with Crippen LogP contribution in [0.1, 0.15) is 43.2 Å². The molecule has 0 unspecified atom stereocenters. The molecular weight excluding hydrogens is 433 g/mol. The summed E-state index contributed by atoms with van der Waals surface area (Å²) in [6.45, 7) is 3.97. The third-order valence-electron chi connectivity index (χ3n) is 7.33. The number of carbonyl (C=O) groups is 1. The number of rotatable bonds is 4. The Morgan fingerprint density at radius 3 is 2.45 bits per heavy atom. The summed E-state index contributed by atoms with van der Waals surface area (Å²) in [6.07, 6.45) is 5.82. The topological polar surface area (TPSA) is 62.6 Å². The molecule has 5 rings (SSSR count). The van der Waals surface area contributed by atoms with Crippen LogP contribution in [0.3, 0.4) is 0 Å². The van der Waals surface area contributed by atoms with Gasteiger partial charge < -0.3 is 9.71 Å². The maximum Gasteiger partial charge on any atom is 0.268 e. The number of hydrogen-bond donors (Lipinski definition) is 0. The second-order valence-corrected chi connectivity index (χ2v) is 11.2. The molecule has 2 aliphatic rings. The second-order valence-electron chi connectivity index (χ2n) is 9.37. The van der Waals surface area contributed by atoms with E-state index in [0.717, 1.165) is 55.3 Å². The summed E-state index contributed by atoms with van der Waals surface area (Å²) in [5.41, 5.74) is 2.44. The van der Waals surface area contributed by atoms with E-state index in [2.05, 4.69) is 0 Å². The first-order chi connectivity index (χ1) is 15.8. The molecule has 0 bridgehead atoms. The Morgan fingerprint density at radius 2 is 1.73 bits per heavy atom. The first kappa shape index (κ1) is 22.2. The van der Waals surface area contributed by atoms with Crippen molar-refractivity contribution in [3.8, 4) is 0 Å². The van der Waals surface area contributed by atoms with E-state index in [1.807, 2.05) is 40.9 Å². The summed E-state index contributed by atoms with van der Waals surface area (Å²) in [4.78, 5) is 17.2. The molecule has 6 nitrogen and oxygen atoms in total. The largest absolute Gasteiger partial charge is 0.353 e. The summed E-state index contributed by atoms with van der Waals surface area (Å²) < 4.78 is 28.0. The minimum Gasteiger partial charge on any atom is -0.353 e. The third kappa shape index (κ3) is 3.89. The highest BCUT2D eigenvalue weighted by molar-refractivity contribution is 7.90. The van der Waals surface area contributed by atoms with Gasteiger partial charge in [0.15, 0.2) is 7.98 Å². The fourth-order valence-electron chi connectivity index (χ4n) is 5.37. The van der Waals surface area contributed by atoms with Crippen LogP contribution in [-0.4, -0.2) is 54.6 Å². The van der Waals surface area contributed by atoms with Crippen LogP contribution in [-0.2, 0) is 21.4 Å². The van der Waals surface area contributed by atoms with Crippen molar-refractivity contribution in [2.75, 3.05) is 13.1 Å². The first-order valence-corrected chi connectivity index (χ1v) is 13.0. The molecule has 1 amide bonds. The molecular formula is C25H28BN3O3S. The van der Waals surface area contributed by atoms with Crippen LogP contribution in [0.2, 0.25) is 0 Å². The first-order valence-electron chi connectivity index (χ1n) is 11.5. The normalized spacial score (nSPS) is 19.4. The zero-order chi connectivity index (χ0) is 23.2. The van der Waals surface area contributed by atoms with Crippen molar-refractivity contribution in [1.82, 2.24) is 13.7 Å². The highest BCUT2D eigenvalue weighted by atomic mass is 32.2. The maximum absolute atomic E-state index is 13.3. The lowest BCUT2D eigenvalue weighted by atomic mass is 9.77. The van der Waals surface area contributed by atoms with Crippen LogP contribution in [0.4, 0.5) is 0 Å². The highest BCUT2D eigenvalue weighted by Crippen LogP contribution is 2.39. The minimum atomic E-state index is -3.72. The minimum absolute atomic E-state index is 0.163. The lowest BCUT2D eigenvalue weighted by Crippen LogP contribution is -2.58. The van der Waals surface area contributed by atoms with Crippen LogP contribution in [0.15, 0.2) is 59.6 Å². The number of piperidine rings is 2. The molecule has 2 radical (unpaired) electrons. The summed E-state index contributed by atoms with van der Waals surface area (Å²) in [6, 6.07) is 14.4. The molecule has 0 N–H and O–H groups in total. The van der Waals surface area contributed by atoms with E-state index in [9.17, 15) is 13.2 Å². The van der Waals surface area contributed by atoms with E-state index in [0.29, 0.717) is 18.5 Å². The molecule has 8 heteroatoms. The average Bonchev–Trinajstić information content (AvgIpc) is 3.25. The van der Waals surface area contributed by atoms with E-state index in [4.69, 9.17) is 7.98 Å². The maximum atomic E-state index is 13.3. The van der Waals surface area contributed by atoms with Gasteiger partial charge in [0.2, 0.25) is 5.91 Å². The lowest BCUT2D eigenvalue weighted by molar-refractivity contribution is -0.145. The summed E-state index contributed by atoms with van der Waals surface area (Å²) in [5, 5.41) is 0.859. The molecule has 33 heavy (non-hydrogen) atoms. The fourth-order valence-corrected chi connectivity index (χ4v) is 6.71. The number of fused-ring (bicyclic) bond motifs is 1. The summed E-state index contributed by atoms with van der Waals surface area (Å²) >= 11 is 0. The number of amides is 1. The van der Waals surface area contributed by atoms with Crippen LogP contribution in [0.5, 0.6) is 0 Å². The molecule has 0 atom stereocenters. The van der Waals surface area contributed by atoms with Gasteiger partial charge in [-0.25, -0.2) is 12.4 Å². The predicted octanol–water partition coefficient (Wildman–Crippen LogP) is 3.62. The van der Waals surface area contributed by atoms with Crippen molar-refractivity contribution < 1.29 is 13.2 Å². The number of aromatic nitrogens is 1. The van der Waals surface area contributed by atoms with Gasteiger partial charge in [0.1, 0.15) is 0 Å². The molecule has 170 valence electrons. The number of benzene rings is 2. The number of aryl methyl sites for hydroxylation is 1. The van der Waals surface area contributed by atoms with Gasteiger partial charge in [0, 0.05) is 30.1 Å². The number of hydrogen-bond acceptors (Lipinski definition) is 4. The molecule has 1 aromatic heterocycles. The molecule has 2 aromatic carbocycles. The Bertz CT molecular complexity index is 1290. The van der Waals surface area contributed by atoms with Crippen molar-refractivity contribution >= 4 is 34.8 Å². The molecule has 3 heterocycles. The van der Waals surface area contributed by atoms with E-state index >= 15 is 0 Å². The Balaban J connectivity index is 1.52. The molecule has 3 aromatic rings. The monoisotopic (exact) mass is 461 g/mol. The third-order valence-corrected chi connectivity index (χ3v) is 9.03. The molecule has 2 saturated heterocycles. The standard InChI is InChI=1S/C25H28BN3O3S/c1-19-7-9-21(10-8-19)33(31,32)29-15-11-22-20(4-2-5-23(22)29)18-28-24(30)6-3-12-25(28)13-16-27(26)17-14-25/h2,4-5,7-11,15H,3,6,12-14,16-18H2,1H3. The molecule has 2 aliphatic heterocycles. The highest BCUT2D eigenvalue weighted by Gasteiger charge is 2.43. The van der Waals surface area contributed by atoms with Gasteiger partial charge in [0.05, 0.1) is 10.4 Å². The van der Waals surface area contributed by atoms with Crippen molar-refractivity contribution in [3.63, 3.8) is 0 Å². The van der Waals surface area contributed by atoms with Crippen LogP contribution in [0.25, 0.3) is 10.9 Å². The summed E-state index contributed by atoms with van der Waals surface area (Å²) in [7, 11) is 2.29. The van der Waals surface area contributed by atoms with Crippen molar-refractivity contribution in [1.29, 1.82) is 0 Å². The fraction of sp³-hybridized carbons (Fsp3) is 0.400. The van der Waals surface area contributed by atoms with E-state index < -0.39 is 10.0 Å². The smallest absolute Gasteiger partial charge is 0.268 e. The van der Waals surface area contributed by atoms with Crippen molar-refractivity contribution in [2.24, 2.45) is 0 Å². The number of likely N-dealkylation sites (tertiary alicyclic amines) is 1.